The average molecular weight is 290 g/mol. The molecule has 1 heterocycles. The topological polar surface area (TPSA) is 73.6 Å². The van der Waals surface area contributed by atoms with E-state index in [0.29, 0.717) is 22.7 Å². The van der Waals surface area contributed by atoms with Crippen LogP contribution < -0.4 is 14.8 Å². The van der Waals surface area contributed by atoms with Crippen molar-refractivity contribution in [3.05, 3.63) is 57.9 Å². The molecule has 0 atom stereocenters. The molecule has 0 aliphatic carbocycles. The number of ether oxygens (including phenoxy) is 2. The molecule has 0 amide bonds. The zero-order valence-electron chi connectivity index (χ0n) is 10.8. The lowest BCUT2D eigenvalue weighted by molar-refractivity contribution is -0.384. The first kappa shape index (κ1) is 13.2. The van der Waals surface area contributed by atoms with Gasteiger partial charge >= 0.3 is 0 Å². The summed E-state index contributed by atoms with van der Waals surface area (Å²) in [7, 11) is 0. The van der Waals surface area contributed by atoms with Crippen LogP contribution in [0.15, 0.2) is 36.4 Å². The average Bonchev–Trinajstić information content (AvgIpc) is 2.91. The van der Waals surface area contributed by atoms with Crippen molar-refractivity contribution in [2.24, 2.45) is 0 Å². The van der Waals surface area contributed by atoms with Crippen LogP contribution in [-0.2, 0) is 6.54 Å². The predicted octanol–water partition coefficient (Wildman–Crippen LogP) is 3.07. The minimum absolute atomic E-state index is 0.0415. The number of rotatable bonds is 4. The van der Waals surface area contributed by atoms with Crippen LogP contribution in [0.3, 0.4) is 0 Å². The molecular weight excluding hydrogens is 279 g/mol. The number of nitro benzene ring substituents is 1. The van der Waals surface area contributed by atoms with Crippen LogP contribution in [-0.4, -0.2) is 11.7 Å². The number of nitrogens with zero attached hydrogens (tertiary/aromatic N) is 1. The molecule has 6 nitrogen and oxygen atoms in total. The molecule has 0 saturated carbocycles. The van der Waals surface area contributed by atoms with E-state index >= 15 is 0 Å². The molecule has 2 aromatic rings. The number of benzene rings is 2. The summed E-state index contributed by atoms with van der Waals surface area (Å²) in [6.45, 7) is 0.304. The predicted molar refractivity (Wildman–Crippen MR) is 72.9 cm³/mol. The number of fused-ring (bicyclic) bond motifs is 1. The highest BCUT2D eigenvalue weighted by atomic mass is 19.1. The van der Waals surface area contributed by atoms with E-state index in [-0.39, 0.29) is 24.8 Å². The van der Waals surface area contributed by atoms with Crippen molar-refractivity contribution in [1.82, 2.24) is 0 Å². The summed E-state index contributed by atoms with van der Waals surface area (Å²) in [6.07, 6.45) is 0. The van der Waals surface area contributed by atoms with E-state index in [4.69, 9.17) is 9.47 Å². The lowest BCUT2D eigenvalue weighted by Crippen LogP contribution is -2.03. The first-order valence-corrected chi connectivity index (χ1v) is 6.20. The molecule has 0 saturated heterocycles. The van der Waals surface area contributed by atoms with Gasteiger partial charge in [-0.3, -0.25) is 10.1 Å². The van der Waals surface area contributed by atoms with Gasteiger partial charge in [0.1, 0.15) is 11.5 Å². The van der Waals surface area contributed by atoms with Crippen molar-refractivity contribution in [1.29, 1.82) is 0 Å². The Hall–Kier alpha value is -2.83. The molecule has 3 rings (SSSR count). The van der Waals surface area contributed by atoms with Crippen molar-refractivity contribution in [3.63, 3.8) is 0 Å². The van der Waals surface area contributed by atoms with E-state index in [1.165, 1.54) is 24.3 Å². The molecule has 0 unspecified atom stereocenters. The molecule has 0 aromatic heterocycles. The SMILES string of the molecule is O=[N+]([O-])c1cc2c(cc1NCc1cccc(F)c1)OCO2. The number of nitrogens with one attached hydrogen (secondary N) is 1. The van der Waals surface area contributed by atoms with E-state index in [9.17, 15) is 14.5 Å². The number of nitro groups is 1. The van der Waals surface area contributed by atoms with Crippen molar-refractivity contribution in [3.8, 4) is 11.5 Å². The van der Waals surface area contributed by atoms with E-state index < -0.39 is 4.92 Å². The Balaban J connectivity index is 1.86. The molecule has 0 radical (unpaired) electrons. The van der Waals surface area contributed by atoms with Crippen LogP contribution in [0.5, 0.6) is 11.5 Å². The second-order valence-corrected chi connectivity index (χ2v) is 4.46. The van der Waals surface area contributed by atoms with E-state index in [0.717, 1.165) is 0 Å². The van der Waals surface area contributed by atoms with Crippen molar-refractivity contribution in [2.45, 2.75) is 6.54 Å². The van der Waals surface area contributed by atoms with E-state index in [1.807, 2.05) is 0 Å². The Morgan fingerprint density at radius 1 is 1.24 bits per heavy atom. The molecule has 21 heavy (non-hydrogen) atoms. The molecule has 1 aliphatic rings. The standard InChI is InChI=1S/C14H11FN2O4/c15-10-3-1-2-9(4-10)7-16-11-5-13-14(21-8-20-13)6-12(11)17(18)19/h1-6,16H,7-8H2. The Morgan fingerprint density at radius 3 is 2.71 bits per heavy atom. The van der Waals surface area contributed by atoms with Gasteiger partial charge in [-0.1, -0.05) is 12.1 Å². The highest BCUT2D eigenvalue weighted by molar-refractivity contribution is 5.69. The van der Waals surface area contributed by atoms with Gasteiger partial charge in [0.25, 0.3) is 5.69 Å². The third kappa shape index (κ3) is 2.71. The fourth-order valence-corrected chi connectivity index (χ4v) is 2.07. The molecule has 1 aliphatic heterocycles. The molecule has 0 fully saturated rings. The zero-order valence-corrected chi connectivity index (χ0v) is 10.8. The van der Waals surface area contributed by atoms with Gasteiger partial charge in [0.05, 0.1) is 11.0 Å². The van der Waals surface area contributed by atoms with Gasteiger partial charge in [-0.2, -0.15) is 0 Å². The summed E-state index contributed by atoms with van der Waals surface area (Å²) >= 11 is 0. The number of hydrogen-bond acceptors (Lipinski definition) is 5. The summed E-state index contributed by atoms with van der Waals surface area (Å²) in [4.78, 5) is 10.6. The molecule has 0 spiro atoms. The molecule has 108 valence electrons. The number of halogens is 1. The minimum Gasteiger partial charge on any atom is -0.454 e. The largest absolute Gasteiger partial charge is 0.454 e. The number of anilines is 1. The van der Waals surface area contributed by atoms with Crippen molar-refractivity contribution >= 4 is 11.4 Å². The van der Waals surface area contributed by atoms with Gasteiger partial charge in [0.2, 0.25) is 6.79 Å². The Bertz CT molecular complexity index is 705. The maximum absolute atomic E-state index is 13.1. The Kier molecular flexibility index (Phi) is 3.31. The fourth-order valence-electron chi connectivity index (χ4n) is 2.07. The normalized spacial score (nSPS) is 12.2. The highest BCUT2D eigenvalue weighted by Crippen LogP contribution is 2.40. The maximum Gasteiger partial charge on any atom is 0.296 e. The van der Waals surface area contributed by atoms with Crippen LogP contribution in [0.2, 0.25) is 0 Å². The van der Waals surface area contributed by atoms with Crippen LogP contribution in [0.1, 0.15) is 5.56 Å². The third-order valence-corrected chi connectivity index (χ3v) is 3.06. The molecule has 2 aromatic carbocycles. The molecule has 1 N–H and O–H groups in total. The van der Waals surface area contributed by atoms with Crippen LogP contribution >= 0.6 is 0 Å². The van der Waals surface area contributed by atoms with E-state index in [1.54, 1.807) is 12.1 Å². The lowest BCUT2D eigenvalue weighted by atomic mass is 10.2. The van der Waals surface area contributed by atoms with Crippen molar-refractivity contribution in [2.75, 3.05) is 12.1 Å². The van der Waals surface area contributed by atoms with Gasteiger partial charge < -0.3 is 14.8 Å². The second-order valence-electron chi connectivity index (χ2n) is 4.46. The quantitative estimate of drug-likeness (QED) is 0.692. The highest BCUT2D eigenvalue weighted by Gasteiger charge is 2.23. The minimum atomic E-state index is -0.504. The smallest absolute Gasteiger partial charge is 0.296 e. The van der Waals surface area contributed by atoms with E-state index in [2.05, 4.69) is 5.32 Å². The van der Waals surface area contributed by atoms with Gasteiger partial charge in [-0.15, -0.1) is 0 Å². The Labute approximate surface area is 119 Å². The zero-order chi connectivity index (χ0) is 14.8. The van der Waals surface area contributed by atoms with Crippen LogP contribution in [0, 0.1) is 15.9 Å². The first-order chi connectivity index (χ1) is 10.1. The second kappa shape index (κ2) is 5.28. The van der Waals surface area contributed by atoms with Gasteiger partial charge in [0.15, 0.2) is 11.5 Å². The number of hydrogen-bond donors (Lipinski definition) is 1. The van der Waals surface area contributed by atoms with Crippen molar-refractivity contribution < 1.29 is 18.8 Å². The van der Waals surface area contributed by atoms with Gasteiger partial charge in [0, 0.05) is 12.6 Å². The molecule has 7 heteroatoms. The fraction of sp³-hybridized carbons (Fsp3) is 0.143. The monoisotopic (exact) mass is 290 g/mol. The van der Waals surface area contributed by atoms with Crippen LogP contribution in [0.25, 0.3) is 0 Å². The van der Waals surface area contributed by atoms with Crippen LogP contribution in [0.4, 0.5) is 15.8 Å². The maximum atomic E-state index is 13.1. The lowest BCUT2D eigenvalue weighted by Gasteiger charge is -2.08. The summed E-state index contributed by atoms with van der Waals surface area (Å²) in [5.41, 5.74) is 0.867. The summed E-state index contributed by atoms with van der Waals surface area (Å²) in [6, 6.07) is 8.85. The summed E-state index contributed by atoms with van der Waals surface area (Å²) in [5.74, 6) is 0.440. The molecular formula is C14H11FN2O4. The van der Waals surface area contributed by atoms with Gasteiger partial charge in [-0.25, -0.2) is 4.39 Å². The molecule has 0 bridgehead atoms. The Morgan fingerprint density at radius 2 is 2.00 bits per heavy atom. The summed E-state index contributed by atoms with van der Waals surface area (Å²) in [5, 5.41) is 14.0. The summed E-state index contributed by atoms with van der Waals surface area (Å²) < 4.78 is 23.4. The first-order valence-electron chi connectivity index (χ1n) is 6.20. The third-order valence-electron chi connectivity index (χ3n) is 3.06. The van der Waals surface area contributed by atoms with Gasteiger partial charge in [-0.05, 0) is 17.7 Å².